The molecule has 0 bridgehead atoms. The van der Waals surface area contributed by atoms with Crippen LogP contribution < -0.4 is 5.32 Å². The quantitative estimate of drug-likeness (QED) is 0.790. The third-order valence-corrected chi connectivity index (χ3v) is 4.01. The average Bonchev–Trinajstić information content (AvgIpc) is 2.45. The van der Waals surface area contributed by atoms with Gasteiger partial charge in [0.1, 0.15) is 0 Å². The van der Waals surface area contributed by atoms with E-state index in [9.17, 15) is 0 Å². The third-order valence-electron chi connectivity index (χ3n) is 4.01. The summed E-state index contributed by atoms with van der Waals surface area (Å²) in [5.74, 6) is 0. The van der Waals surface area contributed by atoms with Crippen molar-refractivity contribution >= 4 is 0 Å². The molecule has 18 heavy (non-hydrogen) atoms. The van der Waals surface area contributed by atoms with E-state index in [-0.39, 0.29) is 0 Å². The lowest BCUT2D eigenvalue weighted by Crippen LogP contribution is -2.47. The van der Waals surface area contributed by atoms with Gasteiger partial charge in [0.25, 0.3) is 0 Å². The van der Waals surface area contributed by atoms with E-state index in [0.29, 0.717) is 17.5 Å². The van der Waals surface area contributed by atoms with Gasteiger partial charge in [-0.05, 0) is 37.8 Å². The van der Waals surface area contributed by atoms with Gasteiger partial charge in [0.15, 0.2) is 0 Å². The van der Waals surface area contributed by atoms with Crippen LogP contribution in [0.2, 0.25) is 0 Å². The lowest BCUT2D eigenvalue weighted by atomic mass is 9.85. The molecular weight excluding hydrogens is 224 g/mol. The van der Waals surface area contributed by atoms with Crippen LogP contribution in [0.4, 0.5) is 0 Å². The normalized spacial score (nSPS) is 23.0. The van der Waals surface area contributed by atoms with Crippen molar-refractivity contribution in [2.45, 2.75) is 59.0 Å². The summed E-state index contributed by atoms with van der Waals surface area (Å²) in [6, 6.07) is 1.07. The number of nitrogens with one attached hydrogen (secondary N) is 1. The Kier molecular flexibility index (Phi) is 6.61. The molecule has 1 saturated heterocycles. The smallest absolute Gasteiger partial charge is 0.0630 e. The summed E-state index contributed by atoms with van der Waals surface area (Å²) in [6.45, 7) is 13.5. The summed E-state index contributed by atoms with van der Waals surface area (Å²) in [5.41, 5.74) is 0.512. The van der Waals surface area contributed by atoms with E-state index in [1.165, 1.54) is 32.4 Å². The van der Waals surface area contributed by atoms with Crippen molar-refractivity contribution in [2.24, 2.45) is 5.41 Å². The van der Waals surface area contributed by atoms with Gasteiger partial charge in [-0.15, -0.1) is 0 Å². The maximum absolute atomic E-state index is 5.40. The number of likely N-dealkylation sites (tertiary alicyclic amines) is 1. The SMILES string of the molecule is COCC(CNC(C)C)N1CCCC(C)(C)CC1. The summed E-state index contributed by atoms with van der Waals surface area (Å²) in [7, 11) is 1.81. The molecule has 0 aliphatic carbocycles. The molecule has 0 amide bonds. The average molecular weight is 256 g/mol. The number of hydrogen-bond donors (Lipinski definition) is 1. The largest absolute Gasteiger partial charge is 0.383 e. The molecule has 1 N–H and O–H groups in total. The van der Waals surface area contributed by atoms with Crippen LogP contribution in [0.5, 0.6) is 0 Å². The summed E-state index contributed by atoms with van der Waals surface area (Å²) in [4.78, 5) is 2.62. The van der Waals surface area contributed by atoms with E-state index in [2.05, 4.69) is 37.9 Å². The van der Waals surface area contributed by atoms with Crippen molar-refractivity contribution in [3.05, 3.63) is 0 Å². The highest BCUT2D eigenvalue weighted by molar-refractivity contribution is 4.81. The first-order chi connectivity index (χ1) is 8.44. The highest BCUT2D eigenvalue weighted by Crippen LogP contribution is 2.30. The lowest BCUT2D eigenvalue weighted by molar-refractivity contribution is 0.0881. The Hall–Kier alpha value is -0.120. The summed E-state index contributed by atoms with van der Waals surface area (Å²) in [5, 5.41) is 3.55. The maximum Gasteiger partial charge on any atom is 0.0630 e. The van der Waals surface area contributed by atoms with Crippen LogP contribution in [0.3, 0.4) is 0 Å². The van der Waals surface area contributed by atoms with Crippen molar-refractivity contribution < 1.29 is 4.74 Å². The number of methoxy groups -OCH3 is 1. The molecule has 1 aliphatic rings. The molecule has 1 heterocycles. The second-order valence-electron chi connectivity index (χ2n) is 6.73. The Balaban J connectivity index is 2.50. The van der Waals surface area contributed by atoms with Crippen LogP contribution >= 0.6 is 0 Å². The van der Waals surface area contributed by atoms with E-state index in [0.717, 1.165) is 13.2 Å². The van der Waals surface area contributed by atoms with Crippen LogP contribution in [0.25, 0.3) is 0 Å². The van der Waals surface area contributed by atoms with Gasteiger partial charge in [0.05, 0.1) is 6.61 Å². The first kappa shape index (κ1) is 15.9. The highest BCUT2D eigenvalue weighted by Gasteiger charge is 2.26. The molecule has 1 rings (SSSR count). The van der Waals surface area contributed by atoms with E-state index >= 15 is 0 Å². The van der Waals surface area contributed by atoms with Gasteiger partial charge in [-0.3, -0.25) is 4.90 Å². The molecule has 1 unspecified atom stereocenters. The van der Waals surface area contributed by atoms with Gasteiger partial charge < -0.3 is 10.1 Å². The molecule has 3 nitrogen and oxygen atoms in total. The number of rotatable bonds is 6. The zero-order chi connectivity index (χ0) is 13.6. The molecule has 0 aromatic heterocycles. The zero-order valence-electron chi connectivity index (χ0n) is 13.0. The molecule has 0 radical (unpaired) electrons. The van der Waals surface area contributed by atoms with E-state index < -0.39 is 0 Å². The molecule has 108 valence electrons. The van der Waals surface area contributed by atoms with E-state index in [1.54, 1.807) is 0 Å². The van der Waals surface area contributed by atoms with Gasteiger partial charge in [-0.25, -0.2) is 0 Å². The molecule has 0 aromatic rings. The monoisotopic (exact) mass is 256 g/mol. The Bertz CT molecular complexity index is 229. The van der Waals surface area contributed by atoms with E-state index in [1.807, 2.05) is 7.11 Å². The van der Waals surface area contributed by atoms with Crippen molar-refractivity contribution in [3.63, 3.8) is 0 Å². The second-order valence-corrected chi connectivity index (χ2v) is 6.73. The fourth-order valence-corrected chi connectivity index (χ4v) is 2.67. The molecule has 0 saturated carbocycles. The first-order valence-corrected chi connectivity index (χ1v) is 7.41. The number of nitrogens with zero attached hydrogens (tertiary/aromatic N) is 1. The summed E-state index contributed by atoms with van der Waals surface area (Å²) >= 11 is 0. The minimum absolute atomic E-state index is 0.512. The molecule has 1 atom stereocenters. The molecular formula is C15H32N2O. The minimum Gasteiger partial charge on any atom is -0.383 e. The van der Waals surface area contributed by atoms with Crippen LogP contribution in [0, 0.1) is 5.41 Å². The molecule has 1 fully saturated rings. The Labute approximate surface area is 113 Å². The van der Waals surface area contributed by atoms with Gasteiger partial charge in [0, 0.05) is 25.7 Å². The van der Waals surface area contributed by atoms with Gasteiger partial charge in [-0.1, -0.05) is 27.7 Å². The molecule has 3 heteroatoms. The van der Waals surface area contributed by atoms with E-state index in [4.69, 9.17) is 4.74 Å². The van der Waals surface area contributed by atoms with Crippen LogP contribution in [-0.2, 0) is 4.74 Å². The predicted molar refractivity (Wildman–Crippen MR) is 78.0 cm³/mol. The Morgan fingerprint density at radius 1 is 1.22 bits per heavy atom. The number of ether oxygens (including phenoxy) is 1. The fraction of sp³-hybridized carbons (Fsp3) is 1.00. The maximum atomic E-state index is 5.40. The molecule has 0 spiro atoms. The molecule has 0 aromatic carbocycles. The Morgan fingerprint density at radius 3 is 2.56 bits per heavy atom. The van der Waals surface area contributed by atoms with Crippen molar-refractivity contribution in [1.82, 2.24) is 10.2 Å². The summed E-state index contributed by atoms with van der Waals surface area (Å²) in [6.07, 6.45) is 3.96. The van der Waals surface area contributed by atoms with Crippen LogP contribution in [0.1, 0.15) is 47.0 Å². The third kappa shape index (κ3) is 5.68. The van der Waals surface area contributed by atoms with Gasteiger partial charge in [0.2, 0.25) is 0 Å². The fourth-order valence-electron chi connectivity index (χ4n) is 2.67. The number of hydrogen-bond acceptors (Lipinski definition) is 3. The second kappa shape index (κ2) is 7.46. The topological polar surface area (TPSA) is 24.5 Å². The zero-order valence-corrected chi connectivity index (χ0v) is 13.0. The van der Waals surface area contributed by atoms with Gasteiger partial charge in [-0.2, -0.15) is 0 Å². The van der Waals surface area contributed by atoms with Crippen molar-refractivity contribution in [1.29, 1.82) is 0 Å². The standard InChI is InChI=1S/C15H32N2O/c1-13(2)16-11-14(12-18-5)17-9-6-7-15(3,4)8-10-17/h13-14,16H,6-12H2,1-5H3. The first-order valence-electron chi connectivity index (χ1n) is 7.41. The lowest BCUT2D eigenvalue weighted by Gasteiger charge is -2.31. The van der Waals surface area contributed by atoms with Crippen LogP contribution in [0.15, 0.2) is 0 Å². The highest BCUT2D eigenvalue weighted by atomic mass is 16.5. The van der Waals surface area contributed by atoms with Crippen molar-refractivity contribution in [2.75, 3.05) is 33.4 Å². The predicted octanol–water partition coefficient (Wildman–Crippen LogP) is 2.51. The molecule has 1 aliphatic heterocycles. The van der Waals surface area contributed by atoms with Crippen molar-refractivity contribution in [3.8, 4) is 0 Å². The Morgan fingerprint density at radius 2 is 1.94 bits per heavy atom. The minimum atomic E-state index is 0.512. The van der Waals surface area contributed by atoms with Crippen LogP contribution in [-0.4, -0.2) is 50.3 Å². The van der Waals surface area contributed by atoms with Gasteiger partial charge >= 0.3 is 0 Å². The summed E-state index contributed by atoms with van der Waals surface area (Å²) < 4.78 is 5.40.